The van der Waals surface area contributed by atoms with Gasteiger partial charge >= 0.3 is 0 Å². The number of carbonyl (C=O) groups is 1. The largest absolute Gasteiger partial charge is 0.350 e. The molecule has 0 saturated carbocycles. The maximum atomic E-state index is 12.0. The summed E-state index contributed by atoms with van der Waals surface area (Å²) < 4.78 is 0. The van der Waals surface area contributed by atoms with Crippen LogP contribution in [0.1, 0.15) is 49.5 Å². The van der Waals surface area contributed by atoms with Gasteiger partial charge in [-0.15, -0.1) is 0 Å². The Morgan fingerprint density at radius 1 is 1.28 bits per heavy atom. The fourth-order valence-electron chi connectivity index (χ4n) is 1.93. The van der Waals surface area contributed by atoms with Crippen LogP contribution in [0.25, 0.3) is 0 Å². The van der Waals surface area contributed by atoms with Crippen molar-refractivity contribution < 1.29 is 4.79 Å². The Kier molecular flexibility index (Phi) is 5.86. The fraction of sp³-hybridized carbons (Fsp3) is 0.533. The van der Waals surface area contributed by atoms with Crippen molar-refractivity contribution in [3.8, 4) is 0 Å². The monoisotopic (exact) mass is 248 g/mol. The Balaban J connectivity index is 2.53. The molecule has 1 amide bonds. The van der Waals surface area contributed by atoms with E-state index in [2.05, 4.69) is 26.1 Å². The SMILES string of the molecule is CCC(C)CC(C)NC(=O)c1ccc(CN)cc1. The fourth-order valence-corrected chi connectivity index (χ4v) is 1.93. The van der Waals surface area contributed by atoms with Crippen molar-refractivity contribution in [3.63, 3.8) is 0 Å². The quantitative estimate of drug-likeness (QED) is 0.813. The topological polar surface area (TPSA) is 55.1 Å². The van der Waals surface area contributed by atoms with Crippen LogP contribution < -0.4 is 11.1 Å². The summed E-state index contributed by atoms with van der Waals surface area (Å²) in [7, 11) is 0. The van der Waals surface area contributed by atoms with Gasteiger partial charge in [-0.2, -0.15) is 0 Å². The molecule has 3 nitrogen and oxygen atoms in total. The van der Waals surface area contributed by atoms with Crippen molar-refractivity contribution in [2.45, 2.75) is 46.2 Å². The summed E-state index contributed by atoms with van der Waals surface area (Å²) in [6.45, 7) is 6.94. The first kappa shape index (κ1) is 14.7. The zero-order chi connectivity index (χ0) is 13.5. The second-order valence-corrected chi connectivity index (χ2v) is 5.02. The van der Waals surface area contributed by atoms with Gasteiger partial charge < -0.3 is 11.1 Å². The van der Waals surface area contributed by atoms with Gasteiger partial charge in [-0.25, -0.2) is 0 Å². The molecule has 3 heteroatoms. The van der Waals surface area contributed by atoms with E-state index in [0.29, 0.717) is 18.0 Å². The number of nitrogens with one attached hydrogen (secondary N) is 1. The molecule has 0 radical (unpaired) electrons. The van der Waals surface area contributed by atoms with E-state index < -0.39 is 0 Å². The van der Waals surface area contributed by atoms with Crippen LogP contribution in [0.2, 0.25) is 0 Å². The van der Waals surface area contributed by atoms with Crippen molar-refractivity contribution in [1.29, 1.82) is 0 Å². The molecule has 0 aromatic heterocycles. The Morgan fingerprint density at radius 3 is 2.39 bits per heavy atom. The van der Waals surface area contributed by atoms with Crippen molar-refractivity contribution in [2.24, 2.45) is 11.7 Å². The first-order valence-electron chi connectivity index (χ1n) is 6.66. The van der Waals surface area contributed by atoms with Gasteiger partial charge in [0.1, 0.15) is 0 Å². The molecular weight excluding hydrogens is 224 g/mol. The van der Waals surface area contributed by atoms with E-state index in [4.69, 9.17) is 5.73 Å². The van der Waals surface area contributed by atoms with Crippen LogP contribution in [0.4, 0.5) is 0 Å². The molecule has 1 aromatic rings. The van der Waals surface area contributed by atoms with Crippen molar-refractivity contribution in [2.75, 3.05) is 0 Å². The number of rotatable bonds is 6. The van der Waals surface area contributed by atoms with Gasteiger partial charge in [0.2, 0.25) is 0 Å². The molecule has 1 rings (SSSR count). The van der Waals surface area contributed by atoms with Gasteiger partial charge in [-0.3, -0.25) is 4.79 Å². The minimum absolute atomic E-state index is 0.00521. The lowest BCUT2D eigenvalue weighted by Gasteiger charge is -2.17. The molecule has 0 bridgehead atoms. The molecule has 2 atom stereocenters. The summed E-state index contributed by atoms with van der Waals surface area (Å²) in [5.74, 6) is 0.634. The van der Waals surface area contributed by atoms with E-state index in [-0.39, 0.29) is 11.9 Å². The maximum absolute atomic E-state index is 12.0. The van der Waals surface area contributed by atoms with Crippen molar-refractivity contribution in [3.05, 3.63) is 35.4 Å². The third kappa shape index (κ3) is 4.49. The smallest absolute Gasteiger partial charge is 0.251 e. The third-order valence-corrected chi connectivity index (χ3v) is 3.28. The third-order valence-electron chi connectivity index (χ3n) is 3.28. The summed E-state index contributed by atoms with van der Waals surface area (Å²) in [5.41, 5.74) is 7.26. The molecule has 1 aromatic carbocycles. The van der Waals surface area contributed by atoms with Gasteiger partial charge in [-0.05, 0) is 37.0 Å². The molecule has 0 saturated heterocycles. The highest BCUT2D eigenvalue weighted by molar-refractivity contribution is 5.94. The Hall–Kier alpha value is -1.35. The molecule has 0 fully saturated rings. The van der Waals surface area contributed by atoms with E-state index in [0.717, 1.165) is 18.4 Å². The minimum Gasteiger partial charge on any atom is -0.350 e. The predicted octanol–water partition coefficient (Wildman–Crippen LogP) is 2.70. The Labute approximate surface area is 110 Å². The van der Waals surface area contributed by atoms with E-state index >= 15 is 0 Å². The van der Waals surface area contributed by atoms with Crippen molar-refractivity contribution in [1.82, 2.24) is 5.32 Å². The Bertz CT molecular complexity index is 373. The molecular formula is C15H24N2O. The summed E-state index contributed by atoms with van der Waals surface area (Å²) in [6, 6.07) is 7.66. The predicted molar refractivity (Wildman–Crippen MR) is 75.3 cm³/mol. The normalized spacial score (nSPS) is 14.0. The number of carbonyl (C=O) groups excluding carboxylic acids is 1. The number of nitrogens with two attached hydrogens (primary N) is 1. The van der Waals surface area contributed by atoms with Crippen LogP contribution in [0, 0.1) is 5.92 Å². The van der Waals surface area contributed by atoms with Gasteiger partial charge in [0.15, 0.2) is 0 Å². The zero-order valence-corrected chi connectivity index (χ0v) is 11.6. The van der Waals surface area contributed by atoms with Gasteiger partial charge in [0.05, 0.1) is 0 Å². The second-order valence-electron chi connectivity index (χ2n) is 5.02. The molecule has 0 heterocycles. The van der Waals surface area contributed by atoms with Crippen LogP contribution in [0.15, 0.2) is 24.3 Å². The van der Waals surface area contributed by atoms with Crippen LogP contribution in [-0.2, 0) is 6.54 Å². The molecule has 2 unspecified atom stereocenters. The summed E-state index contributed by atoms with van der Waals surface area (Å²) in [5, 5.41) is 3.03. The van der Waals surface area contributed by atoms with Crippen LogP contribution in [0.5, 0.6) is 0 Å². The second kappa shape index (κ2) is 7.17. The lowest BCUT2D eigenvalue weighted by Crippen LogP contribution is -2.33. The molecule has 0 aliphatic rings. The lowest BCUT2D eigenvalue weighted by molar-refractivity contribution is 0.0935. The first-order chi connectivity index (χ1) is 8.56. The van der Waals surface area contributed by atoms with Gasteiger partial charge in [-0.1, -0.05) is 32.4 Å². The van der Waals surface area contributed by atoms with Crippen LogP contribution in [-0.4, -0.2) is 11.9 Å². The van der Waals surface area contributed by atoms with E-state index in [1.54, 1.807) is 0 Å². The molecule has 0 aliphatic heterocycles. The summed E-state index contributed by atoms with van der Waals surface area (Å²) >= 11 is 0. The highest BCUT2D eigenvalue weighted by Crippen LogP contribution is 2.10. The summed E-state index contributed by atoms with van der Waals surface area (Å²) in [4.78, 5) is 12.0. The maximum Gasteiger partial charge on any atom is 0.251 e. The van der Waals surface area contributed by atoms with E-state index in [9.17, 15) is 4.79 Å². The van der Waals surface area contributed by atoms with Crippen LogP contribution in [0.3, 0.4) is 0 Å². The number of amides is 1. The first-order valence-corrected chi connectivity index (χ1v) is 6.66. The average molecular weight is 248 g/mol. The van der Waals surface area contributed by atoms with Gasteiger partial charge in [0.25, 0.3) is 5.91 Å². The van der Waals surface area contributed by atoms with E-state index in [1.807, 2.05) is 24.3 Å². The lowest BCUT2D eigenvalue weighted by atomic mass is 10.00. The Morgan fingerprint density at radius 2 is 1.89 bits per heavy atom. The van der Waals surface area contributed by atoms with Crippen LogP contribution >= 0.6 is 0 Å². The summed E-state index contributed by atoms with van der Waals surface area (Å²) in [6.07, 6.45) is 2.16. The molecule has 18 heavy (non-hydrogen) atoms. The minimum atomic E-state index is -0.00521. The van der Waals surface area contributed by atoms with Gasteiger partial charge in [0, 0.05) is 18.2 Å². The number of hydrogen-bond acceptors (Lipinski definition) is 2. The number of hydrogen-bond donors (Lipinski definition) is 2. The molecule has 3 N–H and O–H groups in total. The highest BCUT2D eigenvalue weighted by atomic mass is 16.1. The van der Waals surface area contributed by atoms with E-state index in [1.165, 1.54) is 0 Å². The highest BCUT2D eigenvalue weighted by Gasteiger charge is 2.11. The molecule has 0 aliphatic carbocycles. The van der Waals surface area contributed by atoms with Crippen molar-refractivity contribution >= 4 is 5.91 Å². The molecule has 100 valence electrons. The standard InChI is InChI=1S/C15H24N2O/c1-4-11(2)9-12(3)17-15(18)14-7-5-13(10-16)6-8-14/h5-8,11-12H,4,9-10,16H2,1-3H3,(H,17,18). The average Bonchev–Trinajstić information content (AvgIpc) is 2.38. The zero-order valence-electron chi connectivity index (χ0n) is 11.6. The number of benzene rings is 1. The molecule has 0 spiro atoms.